The van der Waals surface area contributed by atoms with Crippen molar-refractivity contribution in [3.63, 3.8) is 0 Å². The van der Waals surface area contributed by atoms with Crippen molar-refractivity contribution in [3.8, 4) is 10.6 Å². The van der Waals surface area contributed by atoms with Crippen LogP contribution >= 0.6 is 34.3 Å². The molecule has 0 bridgehead atoms. The van der Waals surface area contributed by atoms with Gasteiger partial charge in [-0.1, -0.05) is 23.7 Å². The zero-order valence-corrected chi connectivity index (χ0v) is 16.5. The Morgan fingerprint density at radius 2 is 1.96 bits per heavy atom. The molecule has 0 atom stereocenters. The Bertz CT molecular complexity index is 1230. The molecule has 1 N–H and O–H groups in total. The van der Waals surface area contributed by atoms with Gasteiger partial charge in [0.05, 0.1) is 11.1 Å². The predicted octanol–water partition coefficient (Wildman–Crippen LogP) is 5.42. The van der Waals surface area contributed by atoms with Crippen LogP contribution in [-0.4, -0.2) is 15.0 Å². The van der Waals surface area contributed by atoms with Gasteiger partial charge in [0.2, 0.25) is 0 Å². The van der Waals surface area contributed by atoms with Crippen LogP contribution < -0.4 is 5.56 Å². The number of H-pyrrole nitrogens is 1. The maximum Gasteiger partial charge on any atom is 0.260 e. The van der Waals surface area contributed by atoms with Gasteiger partial charge in [-0.05, 0) is 49.1 Å². The molecule has 0 saturated heterocycles. The van der Waals surface area contributed by atoms with Crippen molar-refractivity contribution in [1.82, 2.24) is 15.0 Å². The van der Waals surface area contributed by atoms with E-state index in [2.05, 4.69) is 15.0 Å². The third-order valence-corrected chi connectivity index (χ3v) is 6.97. The molecule has 1 aliphatic rings. The van der Waals surface area contributed by atoms with E-state index in [4.69, 9.17) is 11.6 Å². The van der Waals surface area contributed by atoms with E-state index in [1.54, 1.807) is 22.7 Å². The number of rotatable bonds is 3. The van der Waals surface area contributed by atoms with E-state index in [0.29, 0.717) is 10.8 Å². The third-order valence-electron chi connectivity index (χ3n) is 4.62. The molecule has 27 heavy (non-hydrogen) atoms. The molecule has 1 aliphatic carbocycles. The lowest BCUT2D eigenvalue weighted by Gasteiger charge is -1.96. The van der Waals surface area contributed by atoms with Crippen molar-refractivity contribution in [2.45, 2.75) is 19.3 Å². The van der Waals surface area contributed by atoms with E-state index in [-0.39, 0.29) is 5.56 Å². The van der Waals surface area contributed by atoms with Gasteiger partial charge in [0, 0.05) is 20.8 Å². The molecule has 4 aromatic rings. The Morgan fingerprint density at radius 1 is 1.11 bits per heavy atom. The number of hydrogen-bond donors (Lipinski definition) is 1. The molecular weight excluding hydrogens is 398 g/mol. The SMILES string of the molecule is O=c1[nH]c(/C=C/c2csc(-c3ccc(Cl)cc3)n2)nc2sc3c(c12)CCC3. The van der Waals surface area contributed by atoms with Crippen molar-refractivity contribution in [2.24, 2.45) is 0 Å². The Hall–Kier alpha value is -2.28. The number of fused-ring (bicyclic) bond motifs is 3. The highest BCUT2D eigenvalue weighted by atomic mass is 35.5. The number of benzene rings is 1. The normalized spacial score (nSPS) is 13.7. The highest BCUT2D eigenvalue weighted by molar-refractivity contribution is 7.18. The van der Waals surface area contributed by atoms with Crippen LogP contribution in [0.25, 0.3) is 32.9 Å². The number of aromatic amines is 1. The van der Waals surface area contributed by atoms with Gasteiger partial charge >= 0.3 is 0 Å². The molecule has 0 amide bonds. The summed E-state index contributed by atoms with van der Waals surface area (Å²) in [6.45, 7) is 0. The molecule has 0 unspecified atom stereocenters. The molecular formula is C20H14ClN3OS2. The minimum absolute atomic E-state index is 0.0424. The quantitative estimate of drug-likeness (QED) is 0.489. The van der Waals surface area contributed by atoms with E-state index < -0.39 is 0 Å². The van der Waals surface area contributed by atoms with E-state index in [1.165, 1.54) is 10.4 Å². The molecule has 3 aromatic heterocycles. The zero-order valence-electron chi connectivity index (χ0n) is 14.2. The van der Waals surface area contributed by atoms with Gasteiger partial charge in [-0.2, -0.15) is 0 Å². The van der Waals surface area contributed by atoms with Gasteiger partial charge in [0.15, 0.2) is 0 Å². The summed E-state index contributed by atoms with van der Waals surface area (Å²) in [5.41, 5.74) is 3.03. The lowest BCUT2D eigenvalue weighted by atomic mass is 10.2. The molecule has 7 heteroatoms. The van der Waals surface area contributed by atoms with Gasteiger partial charge in [0.1, 0.15) is 15.7 Å². The summed E-state index contributed by atoms with van der Waals surface area (Å²) in [5.74, 6) is 0.563. The maximum absolute atomic E-state index is 12.5. The fourth-order valence-electron chi connectivity index (χ4n) is 3.35. The smallest absolute Gasteiger partial charge is 0.260 e. The van der Waals surface area contributed by atoms with Crippen molar-refractivity contribution in [2.75, 3.05) is 0 Å². The number of nitrogens with one attached hydrogen (secondary N) is 1. The topological polar surface area (TPSA) is 58.6 Å². The number of aryl methyl sites for hydroxylation is 2. The van der Waals surface area contributed by atoms with Crippen molar-refractivity contribution < 1.29 is 0 Å². The van der Waals surface area contributed by atoms with Crippen molar-refractivity contribution >= 4 is 56.6 Å². The minimum Gasteiger partial charge on any atom is -0.306 e. The standard InChI is InChI=1S/C20H14ClN3OS2/c21-12-6-4-11(5-7-12)19-22-13(10-26-19)8-9-16-23-18(25)17-14-2-1-3-15(14)27-20(17)24-16/h4-10H,1-3H2,(H,23,24,25)/b9-8+. The second-order valence-corrected chi connectivity index (χ2v) is 8.78. The number of nitrogens with zero attached hydrogens (tertiary/aromatic N) is 2. The van der Waals surface area contributed by atoms with Crippen molar-refractivity contribution in [1.29, 1.82) is 0 Å². The van der Waals surface area contributed by atoms with Crippen LogP contribution in [0, 0.1) is 0 Å². The highest BCUT2D eigenvalue weighted by Gasteiger charge is 2.20. The highest BCUT2D eigenvalue weighted by Crippen LogP contribution is 2.34. The summed E-state index contributed by atoms with van der Waals surface area (Å²) in [6, 6.07) is 7.63. The number of thiazole rings is 1. The van der Waals surface area contributed by atoms with Crippen LogP contribution in [0.2, 0.25) is 5.02 Å². The van der Waals surface area contributed by atoms with Crippen LogP contribution in [0.1, 0.15) is 28.4 Å². The minimum atomic E-state index is -0.0424. The first-order valence-corrected chi connectivity index (χ1v) is 10.7. The molecule has 5 rings (SSSR count). The third kappa shape index (κ3) is 3.14. The van der Waals surface area contributed by atoms with E-state index in [1.807, 2.05) is 41.8 Å². The second-order valence-electron chi connectivity index (χ2n) is 6.41. The first-order valence-electron chi connectivity index (χ1n) is 8.61. The predicted molar refractivity (Wildman–Crippen MR) is 114 cm³/mol. The largest absolute Gasteiger partial charge is 0.306 e. The van der Waals surface area contributed by atoms with Gasteiger partial charge in [-0.25, -0.2) is 9.97 Å². The van der Waals surface area contributed by atoms with Gasteiger partial charge in [-0.15, -0.1) is 22.7 Å². The number of hydrogen-bond acceptors (Lipinski definition) is 5. The molecule has 0 spiro atoms. The Kier molecular flexibility index (Phi) is 4.19. The summed E-state index contributed by atoms with van der Waals surface area (Å²) in [6.07, 6.45) is 6.88. The number of thiophene rings is 1. The summed E-state index contributed by atoms with van der Waals surface area (Å²) >= 11 is 9.16. The molecule has 0 fully saturated rings. The average Bonchev–Trinajstić information content (AvgIpc) is 3.36. The summed E-state index contributed by atoms with van der Waals surface area (Å²) in [7, 11) is 0. The first-order chi connectivity index (χ1) is 13.2. The molecule has 0 radical (unpaired) electrons. The second kappa shape index (κ2) is 6.71. The Morgan fingerprint density at radius 3 is 2.81 bits per heavy atom. The van der Waals surface area contributed by atoms with Crippen LogP contribution in [0.15, 0.2) is 34.4 Å². The van der Waals surface area contributed by atoms with Gasteiger partial charge in [-0.3, -0.25) is 4.79 Å². The molecule has 0 saturated carbocycles. The van der Waals surface area contributed by atoms with Crippen LogP contribution in [0.4, 0.5) is 0 Å². The zero-order chi connectivity index (χ0) is 18.4. The Labute approximate surface area is 168 Å². The molecule has 1 aromatic carbocycles. The maximum atomic E-state index is 12.5. The lowest BCUT2D eigenvalue weighted by Crippen LogP contribution is -2.09. The lowest BCUT2D eigenvalue weighted by molar-refractivity contribution is 0.916. The summed E-state index contributed by atoms with van der Waals surface area (Å²) in [5, 5.41) is 4.40. The van der Waals surface area contributed by atoms with E-state index in [9.17, 15) is 4.79 Å². The monoisotopic (exact) mass is 411 g/mol. The number of aromatic nitrogens is 3. The molecule has 4 nitrogen and oxygen atoms in total. The van der Waals surface area contributed by atoms with E-state index in [0.717, 1.165) is 45.7 Å². The summed E-state index contributed by atoms with van der Waals surface area (Å²) in [4.78, 5) is 26.8. The molecule has 3 heterocycles. The van der Waals surface area contributed by atoms with Gasteiger partial charge < -0.3 is 4.98 Å². The van der Waals surface area contributed by atoms with Crippen molar-refractivity contribution in [3.05, 3.63) is 67.0 Å². The fourth-order valence-corrected chi connectivity index (χ4v) is 5.54. The number of halogens is 1. The summed E-state index contributed by atoms with van der Waals surface area (Å²) < 4.78 is 0. The van der Waals surface area contributed by atoms with E-state index >= 15 is 0 Å². The molecule has 134 valence electrons. The van der Waals surface area contributed by atoms with Crippen LogP contribution in [0.3, 0.4) is 0 Å². The first kappa shape index (κ1) is 16.9. The average molecular weight is 412 g/mol. The van der Waals surface area contributed by atoms with Crippen LogP contribution in [0.5, 0.6) is 0 Å². The Balaban J connectivity index is 1.44. The van der Waals surface area contributed by atoms with Gasteiger partial charge in [0.25, 0.3) is 5.56 Å². The van der Waals surface area contributed by atoms with Crippen LogP contribution in [-0.2, 0) is 12.8 Å². The fraction of sp³-hybridized carbons (Fsp3) is 0.150. The molecule has 0 aliphatic heterocycles.